The third-order valence-corrected chi connectivity index (χ3v) is 3.08. The maximum Gasteiger partial charge on any atom is 0.159 e. The van der Waals surface area contributed by atoms with E-state index in [2.05, 4.69) is 5.32 Å². The molecule has 2 N–H and O–H groups in total. The molecular weight excluding hydrogens is 260 g/mol. The van der Waals surface area contributed by atoms with Gasteiger partial charge in [-0.25, -0.2) is 8.78 Å². The Morgan fingerprint density at radius 2 is 1.90 bits per heavy atom. The van der Waals surface area contributed by atoms with Crippen LogP contribution in [0.5, 0.6) is 0 Å². The number of aryl methyl sites for hydroxylation is 1. The highest BCUT2D eigenvalue weighted by Gasteiger charge is 2.07. The average molecular weight is 277 g/mol. The van der Waals surface area contributed by atoms with Gasteiger partial charge in [0.15, 0.2) is 11.6 Å². The second-order valence-corrected chi connectivity index (χ2v) is 4.81. The maximum absolute atomic E-state index is 13.0. The SMILES string of the molecule is Cc1cccc(C(O)CNCc2ccc(F)c(F)c2)c1. The number of nitrogens with one attached hydrogen (secondary N) is 1. The molecule has 2 aromatic carbocycles. The molecular formula is C16H17F2NO. The van der Waals surface area contributed by atoms with Crippen molar-refractivity contribution >= 4 is 0 Å². The van der Waals surface area contributed by atoms with E-state index in [4.69, 9.17) is 0 Å². The summed E-state index contributed by atoms with van der Waals surface area (Å²) in [6.07, 6.45) is -0.625. The molecule has 0 radical (unpaired) electrons. The summed E-state index contributed by atoms with van der Waals surface area (Å²) < 4.78 is 25.8. The predicted molar refractivity (Wildman–Crippen MR) is 74.2 cm³/mol. The Hall–Kier alpha value is -1.78. The fourth-order valence-electron chi connectivity index (χ4n) is 2.00. The van der Waals surface area contributed by atoms with Crippen molar-refractivity contribution in [1.29, 1.82) is 0 Å². The van der Waals surface area contributed by atoms with Gasteiger partial charge in [0, 0.05) is 13.1 Å². The Kier molecular flexibility index (Phi) is 4.82. The van der Waals surface area contributed by atoms with Crippen LogP contribution in [0.2, 0.25) is 0 Å². The van der Waals surface area contributed by atoms with Gasteiger partial charge in [-0.05, 0) is 30.2 Å². The molecule has 1 unspecified atom stereocenters. The van der Waals surface area contributed by atoms with Crippen LogP contribution in [0.3, 0.4) is 0 Å². The molecule has 0 aromatic heterocycles. The zero-order chi connectivity index (χ0) is 14.5. The summed E-state index contributed by atoms with van der Waals surface area (Å²) in [6.45, 7) is 2.69. The van der Waals surface area contributed by atoms with E-state index in [0.29, 0.717) is 18.7 Å². The Balaban J connectivity index is 1.87. The predicted octanol–water partition coefficient (Wildman–Crippen LogP) is 3.10. The Morgan fingerprint density at radius 3 is 2.60 bits per heavy atom. The maximum atomic E-state index is 13.0. The van der Waals surface area contributed by atoms with Crippen molar-refractivity contribution in [3.05, 3.63) is 70.8 Å². The van der Waals surface area contributed by atoms with Crippen molar-refractivity contribution in [3.8, 4) is 0 Å². The topological polar surface area (TPSA) is 32.3 Å². The summed E-state index contributed by atoms with van der Waals surface area (Å²) in [5.74, 6) is -1.71. The first-order valence-corrected chi connectivity index (χ1v) is 6.45. The number of benzene rings is 2. The molecule has 1 atom stereocenters. The third-order valence-electron chi connectivity index (χ3n) is 3.08. The molecule has 0 amide bonds. The average Bonchev–Trinajstić information content (AvgIpc) is 2.42. The lowest BCUT2D eigenvalue weighted by molar-refractivity contribution is 0.174. The molecule has 0 fully saturated rings. The van der Waals surface area contributed by atoms with E-state index in [-0.39, 0.29) is 0 Å². The minimum absolute atomic E-state index is 0.350. The molecule has 2 rings (SSSR count). The van der Waals surface area contributed by atoms with Gasteiger partial charge in [0.2, 0.25) is 0 Å². The van der Waals surface area contributed by atoms with Gasteiger partial charge in [-0.1, -0.05) is 35.9 Å². The minimum Gasteiger partial charge on any atom is -0.387 e. The summed E-state index contributed by atoms with van der Waals surface area (Å²) in [7, 11) is 0. The summed E-state index contributed by atoms with van der Waals surface area (Å²) in [4.78, 5) is 0. The summed E-state index contributed by atoms with van der Waals surface area (Å²) >= 11 is 0. The summed E-state index contributed by atoms with van der Waals surface area (Å²) in [5.41, 5.74) is 2.56. The van der Waals surface area contributed by atoms with Gasteiger partial charge in [-0.2, -0.15) is 0 Å². The van der Waals surface area contributed by atoms with Crippen LogP contribution in [0.4, 0.5) is 8.78 Å². The van der Waals surface area contributed by atoms with Crippen molar-refractivity contribution in [1.82, 2.24) is 5.32 Å². The number of aliphatic hydroxyl groups excluding tert-OH is 1. The van der Waals surface area contributed by atoms with Crippen LogP contribution >= 0.6 is 0 Å². The number of rotatable bonds is 5. The quantitative estimate of drug-likeness (QED) is 0.880. The molecule has 20 heavy (non-hydrogen) atoms. The van der Waals surface area contributed by atoms with Crippen molar-refractivity contribution in [2.24, 2.45) is 0 Å². The lowest BCUT2D eigenvalue weighted by Gasteiger charge is -2.13. The van der Waals surface area contributed by atoms with Crippen LogP contribution in [0.1, 0.15) is 22.8 Å². The van der Waals surface area contributed by atoms with Crippen LogP contribution in [0.25, 0.3) is 0 Å². The van der Waals surface area contributed by atoms with E-state index in [1.807, 2.05) is 31.2 Å². The van der Waals surface area contributed by atoms with Gasteiger partial charge in [0.1, 0.15) is 0 Å². The Labute approximate surface area is 117 Å². The van der Waals surface area contributed by atoms with E-state index >= 15 is 0 Å². The molecule has 0 bridgehead atoms. The highest BCUT2D eigenvalue weighted by molar-refractivity contribution is 5.24. The van der Waals surface area contributed by atoms with Gasteiger partial charge < -0.3 is 10.4 Å². The van der Waals surface area contributed by atoms with Crippen molar-refractivity contribution < 1.29 is 13.9 Å². The Bertz CT molecular complexity index is 586. The van der Waals surface area contributed by atoms with Crippen LogP contribution in [-0.2, 0) is 6.54 Å². The second-order valence-electron chi connectivity index (χ2n) is 4.81. The number of aliphatic hydroxyl groups is 1. The number of hydrogen-bond acceptors (Lipinski definition) is 2. The van der Waals surface area contributed by atoms with Crippen molar-refractivity contribution in [3.63, 3.8) is 0 Å². The highest BCUT2D eigenvalue weighted by atomic mass is 19.2. The molecule has 4 heteroatoms. The van der Waals surface area contributed by atoms with Crippen molar-refractivity contribution in [2.45, 2.75) is 19.6 Å². The van der Waals surface area contributed by atoms with E-state index in [1.54, 1.807) is 0 Å². The molecule has 0 aliphatic heterocycles. The molecule has 106 valence electrons. The smallest absolute Gasteiger partial charge is 0.159 e. The standard InChI is InChI=1S/C16H17F2NO/c1-11-3-2-4-13(7-11)16(20)10-19-9-12-5-6-14(17)15(18)8-12/h2-8,16,19-20H,9-10H2,1H3. The fraction of sp³-hybridized carbons (Fsp3) is 0.250. The summed E-state index contributed by atoms with van der Waals surface area (Å²) in [6, 6.07) is 11.4. The molecule has 0 heterocycles. The zero-order valence-electron chi connectivity index (χ0n) is 11.2. The molecule has 0 spiro atoms. The first kappa shape index (κ1) is 14.6. The van der Waals surface area contributed by atoms with Crippen LogP contribution < -0.4 is 5.32 Å². The molecule has 2 nitrogen and oxygen atoms in total. The van der Waals surface area contributed by atoms with Crippen LogP contribution in [0.15, 0.2) is 42.5 Å². The number of hydrogen-bond donors (Lipinski definition) is 2. The highest BCUT2D eigenvalue weighted by Crippen LogP contribution is 2.14. The fourth-order valence-corrected chi connectivity index (χ4v) is 2.00. The van der Waals surface area contributed by atoms with Gasteiger partial charge in [0.05, 0.1) is 6.10 Å². The lowest BCUT2D eigenvalue weighted by Crippen LogP contribution is -2.21. The van der Waals surface area contributed by atoms with Gasteiger partial charge >= 0.3 is 0 Å². The third kappa shape index (κ3) is 3.85. The van der Waals surface area contributed by atoms with E-state index in [1.165, 1.54) is 6.07 Å². The molecule has 0 saturated carbocycles. The minimum atomic E-state index is -0.858. The molecule has 0 aliphatic carbocycles. The van der Waals surface area contributed by atoms with Gasteiger partial charge in [-0.3, -0.25) is 0 Å². The number of halogens is 2. The van der Waals surface area contributed by atoms with E-state index < -0.39 is 17.7 Å². The van der Waals surface area contributed by atoms with Gasteiger partial charge in [-0.15, -0.1) is 0 Å². The van der Waals surface area contributed by atoms with E-state index in [0.717, 1.165) is 23.3 Å². The monoisotopic (exact) mass is 277 g/mol. The Morgan fingerprint density at radius 1 is 1.10 bits per heavy atom. The summed E-state index contributed by atoms with van der Waals surface area (Å²) in [5, 5.41) is 13.1. The van der Waals surface area contributed by atoms with Crippen molar-refractivity contribution in [2.75, 3.05) is 6.54 Å². The first-order valence-electron chi connectivity index (χ1n) is 6.45. The van der Waals surface area contributed by atoms with E-state index in [9.17, 15) is 13.9 Å². The lowest BCUT2D eigenvalue weighted by atomic mass is 10.1. The molecule has 0 aliphatic rings. The van der Waals surface area contributed by atoms with Gasteiger partial charge in [0.25, 0.3) is 0 Å². The second kappa shape index (κ2) is 6.59. The first-order chi connectivity index (χ1) is 9.56. The molecule has 0 saturated heterocycles. The zero-order valence-corrected chi connectivity index (χ0v) is 11.2. The largest absolute Gasteiger partial charge is 0.387 e. The normalized spacial score (nSPS) is 12.4. The van der Waals surface area contributed by atoms with Crippen LogP contribution in [0, 0.1) is 18.6 Å². The van der Waals surface area contributed by atoms with Crippen LogP contribution in [-0.4, -0.2) is 11.7 Å². The molecule has 2 aromatic rings.